The van der Waals surface area contributed by atoms with Crippen molar-refractivity contribution in [3.8, 4) is 5.75 Å². The molecule has 0 unspecified atom stereocenters. The Balaban J connectivity index is 2.55. The number of carbonyl (C=O) groups is 1. The number of nitrogens with one attached hydrogen (secondary N) is 1. The summed E-state index contributed by atoms with van der Waals surface area (Å²) in [5.41, 5.74) is -0.790. The fraction of sp³-hybridized carbons (Fsp3) is 0.471. The largest absolute Gasteiger partial charge is 0.496 e. The summed E-state index contributed by atoms with van der Waals surface area (Å²) in [4.78, 5) is 11.4. The molecular weight excluding hydrogens is 323 g/mol. The highest BCUT2D eigenvalue weighted by Gasteiger charge is 2.34. The molecule has 1 rings (SSSR count). The standard InChI is InChI=1S/C17H22F3NO3/c1-16(2,3)24-15(22)21-10-6-5-7-12-8-9-13(17(18,19)20)14(11-12)23-4/h5,7-9,11H,6,10H2,1-4H3,(H,21,22). The van der Waals surface area contributed by atoms with Crippen molar-refractivity contribution in [2.75, 3.05) is 13.7 Å². The van der Waals surface area contributed by atoms with Gasteiger partial charge in [-0.05, 0) is 44.9 Å². The maximum absolute atomic E-state index is 12.8. The molecule has 0 saturated heterocycles. The van der Waals surface area contributed by atoms with Gasteiger partial charge in [-0.3, -0.25) is 0 Å². The minimum atomic E-state index is -4.45. The molecule has 24 heavy (non-hydrogen) atoms. The highest BCUT2D eigenvalue weighted by atomic mass is 19.4. The van der Waals surface area contributed by atoms with Gasteiger partial charge in [-0.1, -0.05) is 18.2 Å². The fourth-order valence-electron chi connectivity index (χ4n) is 1.84. The normalized spacial score (nSPS) is 12.3. The van der Waals surface area contributed by atoms with Gasteiger partial charge >= 0.3 is 12.3 Å². The number of hydrogen-bond acceptors (Lipinski definition) is 3. The van der Waals surface area contributed by atoms with E-state index in [0.717, 1.165) is 6.07 Å². The summed E-state index contributed by atoms with van der Waals surface area (Å²) in [6.45, 7) is 5.67. The molecule has 1 amide bonds. The summed E-state index contributed by atoms with van der Waals surface area (Å²) in [5.74, 6) is -0.225. The third-order valence-corrected chi connectivity index (χ3v) is 2.82. The summed E-state index contributed by atoms with van der Waals surface area (Å²) >= 11 is 0. The van der Waals surface area contributed by atoms with Gasteiger partial charge in [0.1, 0.15) is 11.4 Å². The zero-order valence-electron chi connectivity index (χ0n) is 14.2. The topological polar surface area (TPSA) is 47.6 Å². The van der Waals surface area contributed by atoms with E-state index in [0.29, 0.717) is 18.5 Å². The van der Waals surface area contributed by atoms with Gasteiger partial charge in [-0.25, -0.2) is 4.79 Å². The van der Waals surface area contributed by atoms with Gasteiger partial charge in [0.15, 0.2) is 0 Å². The Morgan fingerprint density at radius 1 is 1.25 bits per heavy atom. The zero-order valence-corrected chi connectivity index (χ0v) is 14.2. The number of rotatable bonds is 5. The van der Waals surface area contributed by atoms with Crippen LogP contribution < -0.4 is 10.1 Å². The first-order valence-corrected chi connectivity index (χ1v) is 7.41. The number of halogens is 3. The first kappa shape index (κ1) is 19.9. The lowest BCUT2D eigenvalue weighted by molar-refractivity contribution is -0.138. The molecule has 0 aromatic heterocycles. The molecule has 0 saturated carbocycles. The summed E-state index contributed by atoms with van der Waals surface area (Å²) in [6, 6.07) is 3.67. The van der Waals surface area contributed by atoms with Crippen LogP contribution in [0.3, 0.4) is 0 Å². The highest BCUT2D eigenvalue weighted by Crippen LogP contribution is 2.36. The zero-order chi connectivity index (χ0) is 18.4. The SMILES string of the molecule is COc1cc(C=CCCNC(=O)OC(C)(C)C)ccc1C(F)(F)F. The molecule has 0 heterocycles. The Hall–Kier alpha value is -2.18. The van der Waals surface area contributed by atoms with E-state index < -0.39 is 23.4 Å². The van der Waals surface area contributed by atoms with Crippen molar-refractivity contribution in [1.29, 1.82) is 0 Å². The first-order valence-electron chi connectivity index (χ1n) is 7.41. The van der Waals surface area contributed by atoms with Crippen LogP contribution in [0.2, 0.25) is 0 Å². The van der Waals surface area contributed by atoms with E-state index >= 15 is 0 Å². The van der Waals surface area contributed by atoms with E-state index in [-0.39, 0.29) is 5.75 Å². The summed E-state index contributed by atoms with van der Waals surface area (Å²) < 4.78 is 48.2. The molecule has 7 heteroatoms. The molecule has 0 bridgehead atoms. The van der Waals surface area contributed by atoms with Crippen LogP contribution in [0.4, 0.5) is 18.0 Å². The number of ether oxygens (including phenoxy) is 2. The molecule has 0 atom stereocenters. The lowest BCUT2D eigenvalue weighted by Crippen LogP contribution is -2.32. The number of carbonyl (C=O) groups excluding carboxylic acids is 1. The number of methoxy groups -OCH3 is 1. The number of alkyl halides is 3. The van der Waals surface area contributed by atoms with E-state index in [2.05, 4.69) is 5.32 Å². The third kappa shape index (κ3) is 6.93. The van der Waals surface area contributed by atoms with E-state index in [9.17, 15) is 18.0 Å². The molecule has 1 aromatic carbocycles. The van der Waals surface area contributed by atoms with Crippen LogP contribution in [0.1, 0.15) is 38.3 Å². The third-order valence-electron chi connectivity index (χ3n) is 2.82. The number of hydrogen-bond donors (Lipinski definition) is 1. The lowest BCUT2D eigenvalue weighted by Gasteiger charge is -2.19. The van der Waals surface area contributed by atoms with Crippen LogP contribution in [0, 0.1) is 0 Å². The van der Waals surface area contributed by atoms with Crippen molar-refractivity contribution in [3.05, 3.63) is 35.4 Å². The van der Waals surface area contributed by atoms with Crippen molar-refractivity contribution in [2.24, 2.45) is 0 Å². The number of amides is 1. The van der Waals surface area contributed by atoms with Gasteiger partial charge in [0, 0.05) is 6.54 Å². The van der Waals surface area contributed by atoms with Crippen molar-refractivity contribution >= 4 is 12.2 Å². The quantitative estimate of drug-likeness (QED) is 0.791. The smallest absolute Gasteiger partial charge is 0.419 e. The van der Waals surface area contributed by atoms with E-state index in [1.807, 2.05) is 0 Å². The highest BCUT2D eigenvalue weighted by molar-refractivity contribution is 5.67. The Labute approximate surface area is 139 Å². The Bertz CT molecular complexity index is 590. The van der Waals surface area contributed by atoms with Crippen LogP contribution in [0.15, 0.2) is 24.3 Å². The van der Waals surface area contributed by atoms with Crippen LogP contribution in [0.25, 0.3) is 6.08 Å². The van der Waals surface area contributed by atoms with Gasteiger partial charge in [-0.15, -0.1) is 0 Å². The Morgan fingerprint density at radius 2 is 1.92 bits per heavy atom. The summed E-state index contributed by atoms with van der Waals surface area (Å²) in [6.07, 6.45) is -1.03. The second-order valence-electron chi connectivity index (χ2n) is 6.08. The van der Waals surface area contributed by atoms with Crippen molar-refractivity contribution in [3.63, 3.8) is 0 Å². The van der Waals surface area contributed by atoms with Crippen LogP contribution >= 0.6 is 0 Å². The molecule has 0 radical (unpaired) electrons. The molecule has 4 nitrogen and oxygen atoms in total. The minimum absolute atomic E-state index is 0.225. The number of benzene rings is 1. The second kappa shape index (κ2) is 8.08. The molecule has 0 fully saturated rings. The molecular formula is C17H22F3NO3. The van der Waals surface area contributed by atoms with E-state index in [1.54, 1.807) is 32.9 Å². The lowest BCUT2D eigenvalue weighted by atomic mass is 10.1. The Kier molecular flexibility index (Phi) is 6.69. The molecule has 134 valence electrons. The van der Waals surface area contributed by atoms with Gasteiger partial charge in [0.05, 0.1) is 12.7 Å². The molecule has 0 aliphatic carbocycles. The maximum atomic E-state index is 12.8. The van der Waals surface area contributed by atoms with Crippen LogP contribution in [-0.4, -0.2) is 25.3 Å². The minimum Gasteiger partial charge on any atom is -0.496 e. The summed E-state index contributed by atoms with van der Waals surface area (Å²) in [7, 11) is 1.20. The van der Waals surface area contributed by atoms with Crippen molar-refractivity contribution < 1.29 is 27.4 Å². The average Bonchev–Trinajstić information content (AvgIpc) is 2.43. The van der Waals surface area contributed by atoms with Gasteiger partial charge in [0.2, 0.25) is 0 Å². The van der Waals surface area contributed by atoms with Gasteiger partial charge < -0.3 is 14.8 Å². The average molecular weight is 345 g/mol. The van der Waals surface area contributed by atoms with Crippen molar-refractivity contribution in [2.45, 2.75) is 39.0 Å². The maximum Gasteiger partial charge on any atom is 0.419 e. The van der Waals surface area contributed by atoms with Crippen LogP contribution in [-0.2, 0) is 10.9 Å². The van der Waals surface area contributed by atoms with E-state index in [1.165, 1.54) is 19.2 Å². The second-order valence-corrected chi connectivity index (χ2v) is 6.08. The summed E-state index contributed by atoms with van der Waals surface area (Å²) in [5, 5.41) is 2.59. The van der Waals surface area contributed by atoms with Gasteiger partial charge in [-0.2, -0.15) is 13.2 Å². The number of alkyl carbamates (subject to hydrolysis) is 1. The predicted molar refractivity (Wildman–Crippen MR) is 85.9 cm³/mol. The first-order chi connectivity index (χ1) is 11.0. The predicted octanol–water partition coefficient (Wildman–Crippen LogP) is 4.64. The molecule has 1 N–H and O–H groups in total. The molecule has 0 aliphatic heterocycles. The monoisotopic (exact) mass is 345 g/mol. The van der Waals surface area contributed by atoms with Gasteiger partial charge in [0.25, 0.3) is 0 Å². The van der Waals surface area contributed by atoms with Crippen LogP contribution in [0.5, 0.6) is 5.75 Å². The molecule has 0 spiro atoms. The van der Waals surface area contributed by atoms with Crippen molar-refractivity contribution in [1.82, 2.24) is 5.32 Å². The molecule has 1 aromatic rings. The molecule has 0 aliphatic rings. The van der Waals surface area contributed by atoms with E-state index in [4.69, 9.17) is 9.47 Å². The fourth-order valence-corrected chi connectivity index (χ4v) is 1.84. The Morgan fingerprint density at radius 3 is 2.46 bits per heavy atom.